The fourth-order valence-electron chi connectivity index (χ4n) is 9.31. The van der Waals surface area contributed by atoms with Crippen molar-refractivity contribution >= 4 is 66.8 Å². The van der Waals surface area contributed by atoms with Crippen molar-refractivity contribution in [2.24, 2.45) is 0 Å². The van der Waals surface area contributed by atoms with Crippen LogP contribution < -0.4 is 9.80 Å². The predicted molar refractivity (Wildman–Crippen MR) is 244 cm³/mol. The fraction of sp³-hybridized carbons (Fsp3) is 0.0545. The fourth-order valence-corrected chi connectivity index (χ4v) is 9.31. The van der Waals surface area contributed by atoms with Gasteiger partial charge < -0.3 is 14.2 Å². The van der Waals surface area contributed by atoms with Crippen LogP contribution in [-0.4, -0.2) is 0 Å². The molecule has 58 heavy (non-hydrogen) atoms. The van der Waals surface area contributed by atoms with Crippen LogP contribution in [0.5, 0.6) is 0 Å². The summed E-state index contributed by atoms with van der Waals surface area (Å²) in [5, 5.41) is 4.59. The molecular weight excluding hydrogens is 705 g/mol. The summed E-state index contributed by atoms with van der Waals surface area (Å²) in [6.45, 7) is 4.72. The first-order valence-corrected chi connectivity index (χ1v) is 20.0. The lowest BCUT2D eigenvalue weighted by atomic mass is 9.81. The average molecular weight is 745 g/mol. The van der Waals surface area contributed by atoms with Gasteiger partial charge in [-0.05, 0) is 118 Å². The van der Waals surface area contributed by atoms with E-state index in [0.29, 0.717) is 0 Å². The number of nitrogens with zero attached hydrogens (tertiary/aromatic N) is 2. The number of para-hydroxylation sites is 2. The molecule has 0 radical (unpaired) electrons. The largest absolute Gasteiger partial charge is 0.455 e. The van der Waals surface area contributed by atoms with Crippen LogP contribution in [0.2, 0.25) is 0 Å². The zero-order valence-electron chi connectivity index (χ0n) is 32.4. The maximum absolute atomic E-state index is 6.60. The first-order valence-electron chi connectivity index (χ1n) is 20.0. The number of hydrogen-bond donors (Lipinski definition) is 0. The maximum atomic E-state index is 6.60. The highest BCUT2D eigenvalue weighted by Gasteiger charge is 2.38. The van der Waals surface area contributed by atoms with E-state index in [1.165, 1.54) is 33.3 Å². The van der Waals surface area contributed by atoms with Crippen LogP contribution >= 0.6 is 0 Å². The standard InChI is InChI=1S/C55H40N2O/c1-55(2)50-28-12-11-26-46(50)48-27-15-29-51(53(48)55)57(41-20-7-4-8-21-41)44-24-14-23-43(36-44)56(40-18-5-3-6-19-40)42-22-13-17-38(34-42)39-31-32-47-49-33-30-37-16-9-10-25-45(37)54(49)58-52(47)35-39/h3-36H,1-2H3. The van der Waals surface area contributed by atoms with Crippen LogP contribution in [0.15, 0.2) is 211 Å². The number of anilines is 6. The van der Waals surface area contributed by atoms with E-state index in [9.17, 15) is 0 Å². The van der Waals surface area contributed by atoms with Crippen molar-refractivity contribution in [1.82, 2.24) is 0 Å². The zero-order valence-corrected chi connectivity index (χ0v) is 32.4. The Morgan fingerprint density at radius 3 is 1.79 bits per heavy atom. The predicted octanol–water partition coefficient (Wildman–Crippen LogP) is 15.7. The van der Waals surface area contributed by atoms with Crippen molar-refractivity contribution in [2.45, 2.75) is 19.3 Å². The molecule has 3 nitrogen and oxygen atoms in total. The molecule has 11 rings (SSSR count). The third kappa shape index (κ3) is 5.43. The van der Waals surface area contributed by atoms with Crippen molar-refractivity contribution in [3.8, 4) is 22.3 Å². The second-order valence-electron chi connectivity index (χ2n) is 15.8. The summed E-state index contributed by atoms with van der Waals surface area (Å²) in [5.74, 6) is 0. The second kappa shape index (κ2) is 13.4. The Hall–Kier alpha value is -7.36. The van der Waals surface area contributed by atoms with Gasteiger partial charge in [-0.15, -0.1) is 0 Å². The summed E-state index contributed by atoms with van der Waals surface area (Å²) in [4.78, 5) is 4.79. The van der Waals surface area contributed by atoms with E-state index in [1.807, 2.05) is 0 Å². The Bertz CT molecular complexity index is 3160. The molecule has 0 saturated heterocycles. The molecule has 0 atom stereocenters. The molecule has 0 spiro atoms. The first-order chi connectivity index (χ1) is 28.5. The summed E-state index contributed by atoms with van der Waals surface area (Å²) in [6.07, 6.45) is 0. The van der Waals surface area contributed by atoms with Gasteiger partial charge in [0.2, 0.25) is 0 Å². The molecule has 1 aromatic heterocycles. The molecule has 0 aliphatic heterocycles. The number of benzene rings is 9. The van der Waals surface area contributed by atoms with Crippen molar-refractivity contribution < 1.29 is 4.42 Å². The van der Waals surface area contributed by atoms with Crippen molar-refractivity contribution in [2.75, 3.05) is 9.80 Å². The van der Waals surface area contributed by atoms with Crippen LogP contribution in [0.3, 0.4) is 0 Å². The lowest BCUT2D eigenvalue weighted by molar-refractivity contribution is 0.661. The van der Waals surface area contributed by atoms with E-state index < -0.39 is 0 Å². The van der Waals surface area contributed by atoms with Crippen molar-refractivity contribution in [3.63, 3.8) is 0 Å². The van der Waals surface area contributed by atoms with Gasteiger partial charge in [-0.3, -0.25) is 0 Å². The minimum absolute atomic E-state index is 0.178. The van der Waals surface area contributed by atoms with Crippen LogP contribution in [-0.2, 0) is 5.41 Å². The number of fused-ring (bicyclic) bond motifs is 8. The van der Waals surface area contributed by atoms with Gasteiger partial charge in [0.25, 0.3) is 0 Å². The number of rotatable bonds is 7. The van der Waals surface area contributed by atoms with Gasteiger partial charge in [-0.25, -0.2) is 0 Å². The first kappa shape index (κ1) is 33.9. The molecule has 9 aromatic carbocycles. The average Bonchev–Trinajstić information content (AvgIpc) is 3.77. The highest BCUT2D eigenvalue weighted by molar-refractivity contribution is 6.15. The lowest BCUT2D eigenvalue weighted by Crippen LogP contribution is -2.20. The monoisotopic (exact) mass is 744 g/mol. The third-order valence-corrected chi connectivity index (χ3v) is 12.0. The molecule has 0 saturated carbocycles. The summed E-state index contributed by atoms with van der Waals surface area (Å²) >= 11 is 0. The summed E-state index contributed by atoms with van der Waals surface area (Å²) < 4.78 is 6.60. The Kier molecular flexibility index (Phi) is 7.84. The van der Waals surface area contributed by atoms with Gasteiger partial charge in [0, 0.05) is 50.0 Å². The smallest absolute Gasteiger partial charge is 0.143 e. The molecule has 0 unspecified atom stereocenters. The molecular formula is C55H40N2O. The Morgan fingerprint density at radius 1 is 0.397 bits per heavy atom. The Balaban J connectivity index is 1.04. The van der Waals surface area contributed by atoms with E-state index in [0.717, 1.165) is 66.9 Å². The molecule has 276 valence electrons. The minimum Gasteiger partial charge on any atom is -0.455 e. The molecule has 0 fully saturated rings. The van der Waals surface area contributed by atoms with Gasteiger partial charge in [-0.2, -0.15) is 0 Å². The second-order valence-corrected chi connectivity index (χ2v) is 15.8. The molecule has 1 aliphatic carbocycles. The molecule has 0 bridgehead atoms. The molecule has 10 aromatic rings. The molecule has 1 heterocycles. The maximum Gasteiger partial charge on any atom is 0.143 e. The van der Waals surface area contributed by atoms with Crippen LogP contribution in [0.25, 0.3) is 55.0 Å². The van der Waals surface area contributed by atoms with Crippen LogP contribution in [0, 0.1) is 0 Å². The van der Waals surface area contributed by atoms with Crippen LogP contribution in [0.4, 0.5) is 34.1 Å². The Labute approximate surface area is 338 Å². The third-order valence-electron chi connectivity index (χ3n) is 12.0. The summed E-state index contributed by atoms with van der Waals surface area (Å²) in [5.41, 5.74) is 15.8. The van der Waals surface area contributed by atoms with E-state index >= 15 is 0 Å². The number of hydrogen-bond acceptors (Lipinski definition) is 3. The quantitative estimate of drug-likeness (QED) is 0.162. The van der Waals surface area contributed by atoms with Gasteiger partial charge in [0.15, 0.2) is 0 Å². The van der Waals surface area contributed by atoms with E-state index in [1.54, 1.807) is 0 Å². The van der Waals surface area contributed by atoms with Gasteiger partial charge in [0.1, 0.15) is 11.2 Å². The normalized spacial score (nSPS) is 12.8. The Morgan fingerprint density at radius 2 is 0.983 bits per heavy atom. The van der Waals surface area contributed by atoms with E-state index in [2.05, 4.69) is 230 Å². The number of furan rings is 1. The zero-order chi connectivity index (χ0) is 38.8. The highest BCUT2D eigenvalue weighted by atomic mass is 16.3. The van der Waals surface area contributed by atoms with E-state index in [4.69, 9.17) is 4.42 Å². The molecule has 0 amide bonds. The SMILES string of the molecule is CC1(C)c2ccccc2-c2cccc(N(c3ccccc3)c3cccc(N(c4ccccc4)c4cccc(-c5ccc6c(c5)oc5c7ccccc7ccc65)c4)c3)c21. The summed E-state index contributed by atoms with van der Waals surface area (Å²) in [6, 6.07) is 74.3. The van der Waals surface area contributed by atoms with E-state index in [-0.39, 0.29) is 5.41 Å². The van der Waals surface area contributed by atoms with Crippen molar-refractivity contribution in [3.05, 3.63) is 217 Å². The molecule has 1 aliphatic rings. The highest BCUT2D eigenvalue weighted by Crippen LogP contribution is 2.54. The van der Waals surface area contributed by atoms with Gasteiger partial charge in [0.05, 0.1) is 5.69 Å². The molecule has 3 heteroatoms. The van der Waals surface area contributed by atoms with Crippen LogP contribution in [0.1, 0.15) is 25.0 Å². The minimum atomic E-state index is -0.178. The van der Waals surface area contributed by atoms with Gasteiger partial charge in [-0.1, -0.05) is 141 Å². The summed E-state index contributed by atoms with van der Waals surface area (Å²) in [7, 11) is 0. The lowest BCUT2D eigenvalue weighted by Gasteiger charge is -2.33. The topological polar surface area (TPSA) is 19.6 Å². The van der Waals surface area contributed by atoms with Crippen molar-refractivity contribution in [1.29, 1.82) is 0 Å². The molecule has 0 N–H and O–H groups in total. The van der Waals surface area contributed by atoms with Gasteiger partial charge >= 0.3 is 0 Å².